The van der Waals surface area contributed by atoms with Gasteiger partial charge in [-0.1, -0.05) is 48.2 Å². The highest BCUT2D eigenvalue weighted by atomic mass is 32.2. The maximum atomic E-state index is 13.5. The smallest absolute Gasteiger partial charge is 0.416 e. The van der Waals surface area contributed by atoms with Crippen molar-refractivity contribution in [1.82, 2.24) is 5.32 Å². The minimum Gasteiger partial charge on any atom is -0.494 e. The second kappa shape index (κ2) is 8.30. The number of carbonyl (C=O) groups is 1. The Kier molecular flexibility index (Phi) is 5.71. The average molecular weight is 443 g/mol. The molecule has 1 unspecified atom stereocenters. The third-order valence-electron chi connectivity index (χ3n) is 5.11. The van der Waals surface area contributed by atoms with Crippen LogP contribution in [0.5, 0.6) is 5.75 Å². The quantitative estimate of drug-likeness (QED) is 0.509. The van der Waals surface area contributed by atoms with Gasteiger partial charge in [-0.25, -0.2) is 0 Å². The van der Waals surface area contributed by atoms with Crippen LogP contribution in [0.4, 0.5) is 13.2 Å². The molecule has 160 valence electrons. The molecule has 1 heterocycles. The topological polar surface area (TPSA) is 38.3 Å². The van der Waals surface area contributed by atoms with Gasteiger partial charge >= 0.3 is 6.18 Å². The second-order valence-electron chi connectivity index (χ2n) is 7.06. The van der Waals surface area contributed by atoms with Crippen molar-refractivity contribution >= 4 is 33.9 Å². The number of alkyl halides is 3. The summed E-state index contributed by atoms with van der Waals surface area (Å²) in [4.78, 5) is 13.5. The van der Waals surface area contributed by atoms with Crippen LogP contribution in [0.2, 0.25) is 0 Å². The van der Waals surface area contributed by atoms with Crippen LogP contribution in [0.25, 0.3) is 16.3 Å². The van der Waals surface area contributed by atoms with Crippen LogP contribution < -0.4 is 10.1 Å². The first-order chi connectivity index (χ1) is 14.8. The summed E-state index contributed by atoms with van der Waals surface area (Å²) < 4.78 is 45.4. The lowest BCUT2D eigenvalue weighted by Gasteiger charge is -2.15. The summed E-state index contributed by atoms with van der Waals surface area (Å²) in [5.41, 5.74) is 0.531. The zero-order valence-corrected chi connectivity index (χ0v) is 17.7. The van der Waals surface area contributed by atoms with E-state index in [0.717, 1.165) is 28.5 Å². The van der Waals surface area contributed by atoms with E-state index < -0.39 is 17.0 Å². The third kappa shape index (κ3) is 4.02. The standard InChI is InChI=1S/C24H20F3NO2S/c1-3-30-17-12-14-7-4-5-10-18(14)19(13-17)22-21(29)20(23(28-2)31-22)15-8-6-9-16(11-15)24(25,26)27/h4-13,22,28H,3H2,1-2H3. The highest BCUT2D eigenvalue weighted by molar-refractivity contribution is 8.04. The van der Waals surface area contributed by atoms with Crippen LogP contribution >= 0.6 is 11.8 Å². The Balaban J connectivity index is 1.81. The molecule has 3 aromatic carbocycles. The molecule has 0 bridgehead atoms. The van der Waals surface area contributed by atoms with Crippen molar-refractivity contribution in [2.45, 2.75) is 18.3 Å². The van der Waals surface area contributed by atoms with Crippen LogP contribution in [0.15, 0.2) is 65.7 Å². The number of hydrogen-bond acceptors (Lipinski definition) is 4. The van der Waals surface area contributed by atoms with E-state index in [1.54, 1.807) is 7.05 Å². The van der Waals surface area contributed by atoms with Crippen LogP contribution in [0.1, 0.15) is 28.9 Å². The van der Waals surface area contributed by atoms with E-state index >= 15 is 0 Å². The van der Waals surface area contributed by atoms with Crippen LogP contribution in [-0.2, 0) is 11.0 Å². The lowest BCUT2D eigenvalue weighted by molar-refractivity contribution is -0.137. The third-order valence-corrected chi connectivity index (χ3v) is 6.46. The number of ketones is 1. The predicted octanol–water partition coefficient (Wildman–Crippen LogP) is 6.20. The minimum absolute atomic E-state index is 0.229. The number of Topliss-reactive ketones (excluding diaryl/α,β-unsaturated/α-hetero) is 1. The molecule has 0 radical (unpaired) electrons. The highest BCUT2D eigenvalue weighted by Crippen LogP contribution is 2.49. The van der Waals surface area contributed by atoms with E-state index in [1.807, 2.05) is 43.3 Å². The predicted molar refractivity (Wildman–Crippen MR) is 118 cm³/mol. The number of ether oxygens (including phenoxy) is 1. The van der Waals surface area contributed by atoms with Gasteiger partial charge in [-0.05, 0) is 53.1 Å². The van der Waals surface area contributed by atoms with E-state index in [2.05, 4.69) is 5.32 Å². The maximum absolute atomic E-state index is 13.5. The van der Waals surface area contributed by atoms with Gasteiger partial charge in [0.25, 0.3) is 0 Å². The van der Waals surface area contributed by atoms with E-state index in [9.17, 15) is 18.0 Å². The first-order valence-corrected chi connectivity index (χ1v) is 10.7. The molecule has 31 heavy (non-hydrogen) atoms. The fourth-order valence-corrected chi connectivity index (χ4v) is 5.00. The number of thioether (sulfide) groups is 1. The van der Waals surface area contributed by atoms with Crippen molar-refractivity contribution in [3.8, 4) is 5.75 Å². The van der Waals surface area contributed by atoms with Gasteiger partial charge in [-0.15, -0.1) is 0 Å². The monoisotopic (exact) mass is 443 g/mol. The van der Waals surface area contributed by atoms with Crippen LogP contribution in [-0.4, -0.2) is 19.4 Å². The summed E-state index contributed by atoms with van der Waals surface area (Å²) in [6, 6.07) is 16.4. The summed E-state index contributed by atoms with van der Waals surface area (Å²) in [6.45, 7) is 2.37. The number of allylic oxidation sites excluding steroid dienone is 1. The molecule has 1 aliphatic rings. The molecule has 1 N–H and O–H groups in total. The Morgan fingerprint density at radius 2 is 1.84 bits per heavy atom. The van der Waals surface area contributed by atoms with Gasteiger partial charge in [0, 0.05) is 7.05 Å². The molecular weight excluding hydrogens is 423 g/mol. The molecule has 0 amide bonds. The molecule has 7 heteroatoms. The number of hydrogen-bond donors (Lipinski definition) is 1. The van der Waals surface area contributed by atoms with Crippen molar-refractivity contribution < 1.29 is 22.7 Å². The maximum Gasteiger partial charge on any atom is 0.416 e. The average Bonchev–Trinajstić information content (AvgIpc) is 3.09. The van der Waals surface area contributed by atoms with Gasteiger partial charge in [0.05, 0.1) is 28.0 Å². The number of benzene rings is 3. The van der Waals surface area contributed by atoms with Gasteiger partial charge in [0.1, 0.15) is 5.75 Å². The molecule has 4 rings (SSSR count). The van der Waals surface area contributed by atoms with Gasteiger partial charge in [-0.3, -0.25) is 4.79 Å². The first kappa shape index (κ1) is 21.3. The molecule has 0 aromatic heterocycles. The van der Waals surface area contributed by atoms with E-state index in [4.69, 9.17) is 4.74 Å². The molecule has 1 aliphatic heterocycles. The van der Waals surface area contributed by atoms with E-state index in [-0.39, 0.29) is 16.9 Å². The summed E-state index contributed by atoms with van der Waals surface area (Å²) in [7, 11) is 1.67. The van der Waals surface area contributed by atoms with Crippen LogP contribution in [0.3, 0.4) is 0 Å². The largest absolute Gasteiger partial charge is 0.494 e. The summed E-state index contributed by atoms with van der Waals surface area (Å²) in [6.07, 6.45) is -4.48. The molecule has 0 fully saturated rings. The first-order valence-electron chi connectivity index (χ1n) is 9.79. The summed E-state index contributed by atoms with van der Waals surface area (Å²) >= 11 is 1.31. The van der Waals surface area contributed by atoms with Crippen molar-refractivity contribution in [1.29, 1.82) is 0 Å². The molecule has 3 aromatic rings. The zero-order valence-electron chi connectivity index (χ0n) is 16.9. The molecule has 0 spiro atoms. The Morgan fingerprint density at radius 1 is 1.06 bits per heavy atom. The van der Waals surface area contributed by atoms with Gasteiger partial charge in [-0.2, -0.15) is 13.2 Å². The molecular formula is C24H20F3NO2S. The Morgan fingerprint density at radius 3 is 2.55 bits per heavy atom. The van der Waals surface area contributed by atoms with E-state index in [0.29, 0.717) is 17.4 Å². The van der Waals surface area contributed by atoms with E-state index in [1.165, 1.54) is 23.9 Å². The number of nitrogens with one attached hydrogen (secondary N) is 1. The van der Waals surface area contributed by atoms with Crippen molar-refractivity contribution in [2.24, 2.45) is 0 Å². The van der Waals surface area contributed by atoms with Crippen molar-refractivity contribution in [3.05, 3.63) is 82.4 Å². The fraction of sp³-hybridized carbons (Fsp3) is 0.208. The second-order valence-corrected chi connectivity index (χ2v) is 8.18. The normalized spacial score (nSPS) is 16.8. The Labute approximate surface area is 182 Å². The molecule has 3 nitrogen and oxygen atoms in total. The number of fused-ring (bicyclic) bond motifs is 1. The lowest BCUT2D eigenvalue weighted by atomic mass is 9.93. The molecule has 0 saturated heterocycles. The molecule has 1 atom stereocenters. The number of rotatable bonds is 5. The van der Waals surface area contributed by atoms with Gasteiger partial charge in [0.15, 0.2) is 5.78 Å². The zero-order chi connectivity index (χ0) is 22.2. The molecule has 0 saturated carbocycles. The van der Waals surface area contributed by atoms with Crippen molar-refractivity contribution in [3.63, 3.8) is 0 Å². The van der Waals surface area contributed by atoms with Crippen molar-refractivity contribution in [2.75, 3.05) is 13.7 Å². The fourth-order valence-electron chi connectivity index (χ4n) is 3.76. The minimum atomic E-state index is -4.48. The summed E-state index contributed by atoms with van der Waals surface area (Å²) in [5, 5.41) is 4.82. The highest BCUT2D eigenvalue weighted by Gasteiger charge is 2.38. The van der Waals surface area contributed by atoms with Gasteiger partial charge < -0.3 is 10.1 Å². The van der Waals surface area contributed by atoms with Gasteiger partial charge in [0.2, 0.25) is 0 Å². The number of carbonyl (C=O) groups excluding carboxylic acids is 1. The van der Waals surface area contributed by atoms with Crippen LogP contribution in [0, 0.1) is 0 Å². The lowest BCUT2D eigenvalue weighted by Crippen LogP contribution is -2.10. The molecule has 0 aliphatic carbocycles. The Hall–Kier alpha value is -2.93. The summed E-state index contributed by atoms with van der Waals surface area (Å²) in [5.74, 6) is 0.426. The Bertz CT molecular complexity index is 1190. The SMILES string of the molecule is CCOc1cc(C2SC(NC)=C(c3cccc(C(F)(F)F)c3)C2=O)c2ccccc2c1. The number of halogens is 3.